The Morgan fingerprint density at radius 3 is 2.60 bits per heavy atom. The lowest BCUT2D eigenvalue weighted by atomic mass is 10.2. The maximum absolute atomic E-state index is 11.4. The second-order valence-corrected chi connectivity index (χ2v) is 3.70. The highest BCUT2D eigenvalue weighted by atomic mass is 16.6. The van der Waals surface area contributed by atoms with Crippen LogP contribution >= 0.6 is 0 Å². The van der Waals surface area contributed by atoms with E-state index in [9.17, 15) is 9.59 Å². The van der Waals surface area contributed by atoms with Gasteiger partial charge in [-0.3, -0.25) is 0 Å². The fourth-order valence-corrected chi connectivity index (χ4v) is 1.30. The van der Waals surface area contributed by atoms with Crippen LogP contribution in [0.5, 0.6) is 11.5 Å². The first-order valence-electron chi connectivity index (χ1n) is 5.57. The lowest BCUT2D eigenvalue weighted by Gasteiger charge is -2.11. The number of hydrogen-bond donors (Lipinski definition) is 3. The number of benzene rings is 1. The number of ether oxygens (including phenoxy) is 2. The monoisotopic (exact) mass is 282 g/mol. The molecule has 1 unspecified atom stereocenters. The molecule has 1 rings (SSSR count). The van der Waals surface area contributed by atoms with Gasteiger partial charge in [0.2, 0.25) is 0 Å². The van der Waals surface area contributed by atoms with Crippen molar-refractivity contribution in [2.45, 2.75) is 6.10 Å². The van der Waals surface area contributed by atoms with E-state index >= 15 is 0 Å². The number of esters is 1. The fourth-order valence-electron chi connectivity index (χ4n) is 1.30. The standard InChI is InChI=1S/C13H14O7/c1-19-10-4-2-8(3-5-12(16)17)6-11(10)20-13(18)9(15)7-14/h2-6,9,14-15H,7H2,1H3,(H,16,17). The Bertz CT molecular complexity index is 521. The summed E-state index contributed by atoms with van der Waals surface area (Å²) in [5, 5.41) is 26.3. The van der Waals surface area contributed by atoms with E-state index in [2.05, 4.69) is 0 Å². The van der Waals surface area contributed by atoms with Crippen LogP contribution in [0.25, 0.3) is 6.08 Å². The molecule has 0 heterocycles. The van der Waals surface area contributed by atoms with E-state index in [0.29, 0.717) is 5.56 Å². The van der Waals surface area contributed by atoms with Crippen LogP contribution in [0.2, 0.25) is 0 Å². The van der Waals surface area contributed by atoms with Crippen LogP contribution in [0.1, 0.15) is 5.56 Å². The largest absolute Gasteiger partial charge is 0.493 e. The molecule has 0 aliphatic heterocycles. The van der Waals surface area contributed by atoms with Crippen molar-refractivity contribution in [1.29, 1.82) is 0 Å². The number of rotatable bonds is 6. The van der Waals surface area contributed by atoms with Gasteiger partial charge in [0.1, 0.15) is 0 Å². The van der Waals surface area contributed by atoms with Gasteiger partial charge in [0.25, 0.3) is 0 Å². The van der Waals surface area contributed by atoms with Crippen LogP contribution in [0.4, 0.5) is 0 Å². The van der Waals surface area contributed by atoms with E-state index in [1.807, 2.05) is 0 Å². The number of hydrogen-bond acceptors (Lipinski definition) is 6. The molecular weight excluding hydrogens is 268 g/mol. The molecule has 20 heavy (non-hydrogen) atoms. The van der Waals surface area contributed by atoms with Crippen molar-refractivity contribution >= 4 is 18.0 Å². The first-order chi connectivity index (χ1) is 9.47. The predicted octanol–water partition coefficient (Wildman–Crippen LogP) is 0.0516. The Morgan fingerprint density at radius 2 is 2.05 bits per heavy atom. The molecule has 1 aromatic rings. The van der Waals surface area contributed by atoms with Crippen LogP contribution in [0.15, 0.2) is 24.3 Å². The molecule has 7 nitrogen and oxygen atoms in total. The van der Waals surface area contributed by atoms with Crippen molar-refractivity contribution in [3.63, 3.8) is 0 Å². The van der Waals surface area contributed by atoms with Crippen molar-refractivity contribution in [3.8, 4) is 11.5 Å². The Morgan fingerprint density at radius 1 is 1.35 bits per heavy atom. The molecule has 0 aromatic heterocycles. The third kappa shape index (κ3) is 4.38. The fraction of sp³-hybridized carbons (Fsp3) is 0.231. The van der Waals surface area contributed by atoms with Gasteiger partial charge in [0.05, 0.1) is 13.7 Å². The van der Waals surface area contributed by atoms with Crippen molar-refractivity contribution in [2.24, 2.45) is 0 Å². The first-order valence-corrected chi connectivity index (χ1v) is 5.57. The SMILES string of the molecule is COc1ccc(C=CC(=O)O)cc1OC(=O)C(O)CO. The van der Waals surface area contributed by atoms with E-state index in [4.69, 9.17) is 24.8 Å². The minimum absolute atomic E-state index is 0.0116. The summed E-state index contributed by atoms with van der Waals surface area (Å²) in [6, 6.07) is 4.42. The number of carboxylic acids is 1. The molecule has 0 spiro atoms. The van der Waals surface area contributed by atoms with E-state index in [1.54, 1.807) is 6.07 Å². The molecule has 3 N–H and O–H groups in total. The average Bonchev–Trinajstić information content (AvgIpc) is 2.44. The number of aliphatic hydroxyl groups is 2. The Hall–Kier alpha value is -2.38. The minimum atomic E-state index is -1.65. The number of carbonyl (C=O) groups is 2. The summed E-state index contributed by atoms with van der Waals surface area (Å²) < 4.78 is 9.86. The van der Waals surface area contributed by atoms with Crippen LogP contribution in [0, 0.1) is 0 Å². The van der Waals surface area contributed by atoms with Crippen molar-refractivity contribution < 1.29 is 34.4 Å². The third-order valence-corrected chi connectivity index (χ3v) is 2.26. The number of carbonyl (C=O) groups excluding carboxylic acids is 1. The zero-order chi connectivity index (χ0) is 15.1. The quantitative estimate of drug-likeness (QED) is 0.384. The van der Waals surface area contributed by atoms with Crippen LogP contribution in [0.3, 0.4) is 0 Å². The summed E-state index contributed by atoms with van der Waals surface area (Å²) in [4.78, 5) is 21.8. The lowest BCUT2D eigenvalue weighted by molar-refractivity contribution is -0.145. The lowest BCUT2D eigenvalue weighted by Crippen LogP contribution is -2.28. The van der Waals surface area contributed by atoms with Crippen LogP contribution in [-0.4, -0.2) is 47.1 Å². The zero-order valence-electron chi connectivity index (χ0n) is 10.6. The van der Waals surface area contributed by atoms with Gasteiger partial charge in [-0.25, -0.2) is 9.59 Å². The molecule has 1 aromatic carbocycles. The smallest absolute Gasteiger partial charge is 0.342 e. The first kappa shape index (κ1) is 15.7. The topological polar surface area (TPSA) is 113 Å². The molecule has 0 aliphatic carbocycles. The summed E-state index contributed by atoms with van der Waals surface area (Å²) in [7, 11) is 1.36. The summed E-state index contributed by atoms with van der Waals surface area (Å²) in [5.41, 5.74) is 0.467. The Kier molecular flexibility index (Phi) is 5.70. The summed E-state index contributed by atoms with van der Waals surface area (Å²) in [5.74, 6) is -1.91. The van der Waals surface area contributed by atoms with E-state index in [-0.39, 0.29) is 11.5 Å². The second-order valence-electron chi connectivity index (χ2n) is 3.70. The molecule has 0 radical (unpaired) electrons. The van der Waals surface area contributed by atoms with Gasteiger partial charge in [0.15, 0.2) is 17.6 Å². The second kappa shape index (κ2) is 7.27. The molecule has 7 heteroatoms. The maximum Gasteiger partial charge on any atom is 0.342 e. The molecule has 0 amide bonds. The van der Waals surface area contributed by atoms with Gasteiger partial charge in [-0.2, -0.15) is 0 Å². The van der Waals surface area contributed by atoms with Gasteiger partial charge >= 0.3 is 11.9 Å². The summed E-state index contributed by atoms with van der Waals surface area (Å²) in [6.07, 6.45) is 0.579. The molecule has 0 saturated heterocycles. The average molecular weight is 282 g/mol. The number of aliphatic hydroxyl groups excluding tert-OH is 2. The Balaban J connectivity index is 3.00. The summed E-state index contributed by atoms with van der Waals surface area (Å²) >= 11 is 0. The van der Waals surface area contributed by atoms with Gasteiger partial charge < -0.3 is 24.8 Å². The number of aliphatic carboxylic acids is 1. The number of methoxy groups -OCH3 is 1. The zero-order valence-corrected chi connectivity index (χ0v) is 10.6. The molecule has 0 bridgehead atoms. The molecule has 0 aliphatic rings. The normalized spacial score (nSPS) is 12.2. The van der Waals surface area contributed by atoms with Gasteiger partial charge in [-0.05, 0) is 23.8 Å². The van der Waals surface area contributed by atoms with E-state index in [0.717, 1.165) is 6.08 Å². The van der Waals surface area contributed by atoms with Crippen molar-refractivity contribution in [1.82, 2.24) is 0 Å². The van der Waals surface area contributed by atoms with Crippen LogP contribution < -0.4 is 9.47 Å². The van der Waals surface area contributed by atoms with Crippen molar-refractivity contribution in [3.05, 3.63) is 29.8 Å². The highest BCUT2D eigenvalue weighted by molar-refractivity contribution is 5.85. The highest BCUT2D eigenvalue weighted by Crippen LogP contribution is 2.28. The van der Waals surface area contributed by atoms with Crippen LogP contribution in [-0.2, 0) is 9.59 Å². The van der Waals surface area contributed by atoms with Gasteiger partial charge in [-0.1, -0.05) is 6.07 Å². The molecular formula is C13H14O7. The highest BCUT2D eigenvalue weighted by Gasteiger charge is 2.18. The summed E-state index contributed by atoms with van der Waals surface area (Å²) in [6.45, 7) is -0.764. The number of carboxylic acid groups (broad SMARTS) is 1. The predicted molar refractivity (Wildman–Crippen MR) is 68.4 cm³/mol. The molecule has 1 atom stereocenters. The third-order valence-electron chi connectivity index (χ3n) is 2.26. The van der Waals surface area contributed by atoms with Crippen molar-refractivity contribution in [2.75, 3.05) is 13.7 Å². The van der Waals surface area contributed by atoms with Gasteiger partial charge in [-0.15, -0.1) is 0 Å². The van der Waals surface area contributed by atoms with Gasteiger partial charge in [0, 0.05) is 6.08 Å². The minimum Gasteiger partial charge on any atom is -0.493 e. The molecule has 108 valence electrons. The van der Waals surface area contributed by atoms with E-state index in [1.165, 1.54) is 25.3 Å². The van der Waals surface area contributed by atoms with E-state index < -0.39 is 24.6 Å². The maximum atomic E-state index is 11.4. The molecule has 0 fully saturated rings. The molecule has 0 saturated carbocycles. The Labute approximate surface area is 114 Å².